The summed E-state index contributed by atoms with van der Waals surface area (Å²) in [6, 6.07) is 3.64. The summed E-state index contributed by atoms with van der Waals surface area (Å²) in [6.07, 6.45) is 8.04. The number of rotatable bonds is 6. The topological polar surface area (TPSA) is 65.0 Å². The third-order valence-electron chi connectivity index (χ3n) is 6.47. The van der Waals surface area contributed by atoms with Crippen LogP contribution in [0.1, 0.15) is 38.2 Å². The van der Waals surface area contributed by atoms with Crippen molar-refractivity contribution in [3.05, 3.63) is 47.6 Å². The first-order valence-electron chi connectivity index (χ1n) is 9.99. The van der Waals surface area contributed by atoms with E-state index in [9.17, 15) is 9.90 Å². The van der Waals surface area contributed by atoms with Gasteiger partial charge in [-0.15, -0.1) is 6.58 Å². The van der Waals surface area contributed by atoms with Gasteiger partial charge in [0.05, 0.1) is 27.4 Å². The standard InChI is InChI=1S/C24H30O5/c1-6-12-24-15(2)18(19(25)14-17(24)8-7-9-21(24)26)13-16-10-11-20(27-3)23(29-5)22(16)28-4/h6,10-11,13-15,21,26H,1,7-9,12H2,2-5H3/b18-13+/t15-,21-,24-/m0/s1. The Bertz CT molecular complexity index is 866. The van der Waals surface area contributed by atoms with Gasteiger partial charge in [-0.2, -0.15) is 0 Å². The Hall–Kier alpha value is -2.53. The Morgan fingerprint density at radius 3 is 2.55 bits per heavy atom. The number of hydrogen-bond acceptors (Lipinski definition) is 5. The molecule has 156 valence electrons. The summed E-state index contributed by atoms with van der Waals surface area (Å²) in [7, 11) is 4.68. The van der Waals surface area contributed by atoms with Gasteiger partial charge in [0.25, 0.3) is 0 Å². The second-order valence-electron chi connectivity index (χ2n) is 7.72. The van der Waals surface area contributed by atoms with Gasteiger partial charge in [-0.3, -0.25) is 4.79 Å². The number of ether oxygens (including phenoxy) is 3. The minimum Gasteiger partial charge on any atom is -0.493 e. The molecule has 1 fully saturated rings. The number of benzene rings is 1. The molecule has 3 atom stereocenters. The number of aliphatic hydroxyl groups excluding tert-OH is 1. The van der Waals surface area contributed by atoms with Crippen LogP contribution in [0, 0.1) is 11.3 Å². The molecule has 0 radical (unpaired) electrons. The van der Waals surface area contributed by atoms with Gasteiger partial charge in [0, 0.05) is 16.6 Å². The number of methoxy groups -OCH3 is 3. The molecular formula is C24H30O5. The van der Waals surface area contributed by atoms with Gasteiger partial charge < -0.3 is 19.3 Å². The highest BCUT2D eigenvalue weighted by Gasteiger charge is 2.51. The predicted octanol–water partition coefficient (Wildman–Crippen LogP) is 4.35. The second-order valence-corrected chi connectivity index (χ2v) is 7.72. The van der Waals surface area contributed by atoms with Crippen LogP contribution in [0.5, 0.6) is 17.2 Å². The number of hydrogen-bond donors (Lipinski definition) is 1. The van der Waals surface area contributed by atoms with Crippen molar-refractivity contribution >= 4 is 11.9 Å². The molecule has 2 aliphatic rings. The molecule has 29 heavy (non-hydrogen) atoms. The normalized spacial score (nSPS) is 27.8. The van der Waals surface area contributed by atoms with Crippen molar-refractivity contribution in [1.29, 1.82) is 0 Å². The molecule has 0 saturated heterocycles. The first-order chi connectivity index (χ1) is 13.9. The first-order valence-corrected chi connectivity index (χ1v) is 9.99. The van der Waals surface area contributed by atoms with Crippen molar-refractivity contribution in [1.82, 2.24) is 0 Å². The van der Waals surface area contributed by atoms with E-state index in [1.165, 1.54) is 0 Å². The quantitative estimate of drug-likeness (QED) is 0.570. The zero-order valence-electron chi connectivity index (χ0n) is 17.7. The lowest BCUT2D eigenvalue weighted by Gasteiger charge is -2.50. The van der Waals surface area contributed by atoms with Gasteiger partial charge in [-0.05, 0) is 55.9 Å². The second kappa shape index (κ2) is 8.46. The van der Waals surface area contributed by atoms with Crippen molar-refractivity contribution in [3.8, 4) is 17.2 Å². The largest absolute Gasteiger partial charge is 0.493 e. The van der Waals surface area contributed by atoms with E-state index in [0.29, 0.717) is 29.2 Å². The SMILES string of the molecule is C=CC[C@@]12C(=CC(=O)/C(=C/c3ccc(OC)c(OC)c3OC)[C@@H]1C)CCC[C@@H]2O. The fraction of sp³-hybridized carbons (Fsp3) is 0.458. The molecular weight excluding hydrogens is 368 g/mol. The number of ketones is 1. The Morgan fingerprint density at radius 1 is 1.21 bits per heavy atom. The monoisotopic (exact) mass is 398 g/mol. The molecule has 0 spiro atoms. The molecule has 5 heteroatoms. The van der Waals surface area contributed by atoms with Crippen LogP contribution in [0.4, 0.5) is 0 Å². The number of fused-ring (bicyclic) bond motifs is 1. The van der Waals surface area contributed by atoms with Gasteiger partial charge in [-0.1, -0.05) is 18.6 Å². The number of aliphatic hydroxyl groups is 1. The van der Waals surface area contributed by atoms with Crippen molar-refractivity contribution in [2.24, 2.45) is 11.3 Å². The molecule has 1 N–H and O–H groups in total. The van der Waals surface area contributed by atoms with Gasteiger partial charge >= 0.3 is 0 Å². The van der Waals surface area contributed by atoms with Crippen LogP contribution < -0.4 is 14.2 Å². The molecule has 0 unspecified atom stereocenters. The molecule has 1 aromatic rings. The molecule has 1 saturated carbocycles. The van der Waals surface area contributed by atoms with Crippen molar-refractivity contribution < 1.29 is 24.1 Å². The number of allylic oxidation sites excluding steroid dienone is 3. The zero-order chi connectivity index (χ0) is 21.2. The van der Waals surface area contributed by atoms with Crippen molar-refractivity contribution in [2.45, 2.75) is 38.7 Å². The van der Waals surface area contributed by atoms with E-state index in [-0.39, 0.29) is 11.7 Å². The first kappa shape index (κ1) is 21.2. The van der Waals surface area contributed by atoms with Crippen LogP contribution >= 0.6 is 0 Å². The predicted molar refractivity (Wildman–Crippen MR) is 113 cm³/mol. The summed E-state index contributed by atoms with van der Waals surface area (Å²) < 4.78 is 16.4. The minimum atomic E-state index is -0.501. The summed E-state index contributed by atoms with van der Waals surface area (Å²) in [5.41, 5.74) is 1.95. The lowest BCUT2D eigenvalue weighted by molar-refractivity contribution is -0.113. The smallest absolute Gasteiger partial charge is 0.203 e. The van der Waals surface area contributed by atoms with Crippen LogP contribution in [-0.2, 0) is 4.79 Å². The summed E-state index contributed by atoms with van der Waals surface area (Å²) in [5, 5.41) is 11.0. The molecule has 1 aromatic carbocycles. The van der Waals surface area contributed by atoms with Gasteiger partial charge in [0.15, 0.2) is 17.3 Å². The van der Waals surface area contributed by atoms with Crippen LogP contribution in [0.25, 0.3) is 6.08 Å². The van der Waals surface area contributed by atoms with E-state index in [1.807, 2.05) is 25.1 Å². The van der Waals surface area contributed by atoms with E-state index >= 15 is 0 Å². The Kier molecular flexibility index (Phi) is 6.18. The molecule has 5 nitrogen and oxygen atoms in total. The van der Waals surface area contributed by atoms with Gasteiger partial charge in [-0.25, -0.2) is 0 Å². The fourth-order valence-electron chi connectivity index (χ4n) is 4.98. The number of carbonyl (C=O) groups is 1. The molecule has 0 heterocycles. The maximum Gasteiger partial charge on any atom is 0.203 e. The van der Waals surface area contributed by atoms with E-state index in [0.717, 1.165) is 30.4 Å². The fourth-order valence-corrected chi connectivity index (χ4v) is 4.98. The molecule has 2 aliphatic carbocycles. The molecule has 0 aliphatic heterocycles. The molecule has 3 rings (SSSR count). The zero-order valence-corrected chi connectivity index (χ0v) is 17.7. The van der Waals surface area contributed by atoms with Crippen LogP contribution in [0.15, 0.2) is 42.0 Å². The molecule has 0 aromatic heterocycles. The minimum absolute atomic E-state index is 0.0156. The maximum absolute atomic E-state index is 13.0. The molecule has 0 amide bonds. The lowest BCUT2D eigenvalue weighted by atomic mass is 9.55. The van der Waals surface area contributed by atoms with E-state index < -0.39 is 11.5 Å². The highest BCUT2D eigenvalue weighted by Crippen LogP contribution is 2.54. The Morgan fingerprint density at radius 2 is 1.93 bits per heavy atom. The third kappa shape index (κ3) is 3.38. The Labute approximate surface area is 172 Å². The highest BCUT2D eigenvalue weighted by atomic mass is 16.5. The average molecular weight is 398 g/mol. The summed E-state index contributed by atoms with van der Waals surface area (Å²) >= 11 is 0. The third-order valence-corrected chi connectivity index (χ3v) is 6.47. The highest BCUT2D eigenvalue weighted by molar-refractivity contribution is 6.09. The summed E-state index contributed by atoms with van der Waals surface area (Å²) in [4.78, 5) is 13.0. The molecule has 0 bridgehead atoms. The van der Waals surface area contributed by atoms with Gasteiger partial charge in [0.2, 0.25) is 5.75 Å². The summed E-state index contributed by atoms with van der Waals surface area (Å²) in [5.74, 6) is 1.38. The van der Waals surface area contributed by atoms with Crippen LogP contribution in [-0.4, -0.2) is 38.3 Å². The maximum atomic E-state index is 13.0. The van der Waals surface area contributed by atoms with E-state index in [1.54, 1.807) is 33.5 Å². The number of carbonyl (C=O) groups excluding carboxylic acids is 1. The van der Waals surface area contributed by atoms with Crippen LogP contribution in [0.3, 0.4) is 0 Å². The summed E-state index contributed by atoms with van der Waals surface area (Å²) in [6.45, 7) is 5.94. The van der Waals surface area contributed by atoms with Crippen LogP contribution in [0.2, 0.25) is 0 Å². The van der Waals surface area contributed by atoms with Crippen molar-refractivity contribution in [3.63, 3.8) is 0 Å². The van der Waals surface area contributed by atoms with E-state index in [2.05, 4.69) is 6.58 Å². The van der Waals surface area contributed by atoms with E-state index in [4.69, 9.17) is 14.2 Å². The van der Waals surface area contributed by atoms with Crippen molar-refractivity contribution in [2.75, 3.05) is 21.3 Å². The Balaban J connectivity index is 2.17. The lowest BCUT2D eigenvalue weighted by Crippen LogP contribution is -2.48. The van der Waals surface area contributed by atoms with Gasteiger partial charge in [0.1, 0.15) is 0 Å². The average Bonchev–Trinajstić information content (AvgIpc) is 2.72.